The number of primary amides is 1. The van der Waals surface area contributed by atoms with Crippen LogP contribution in [0.25, 0.3) is 0 Å². The third-order valence-corrected chi connectivity index (χ3v) is 2.81. The van der Waals surface area contributed by atoms with Crippen LogP contribution in [0.3, 0.4) is 0 Å². The topological polar surface area (TPSA) is 90.6 Å². The number of nitrogens with one attached hydrogen (secondary N) is 1. The highest BCUT2D eigenvalue weighted by molar-refractivity contribution is 5.82. The third-order valence-electron chi connectivity index (χ3n) is 2.81. The van der Waals surface area contributed by atoms with Gasteiger partial charge in [0.2, 0.25) is 11.8 Å². The molecule has 1 atom stereocenters. The van der Waals surface area contributed by atoms with Gasteiger partial charge in [0.25, 0.3) is 0 Å². The number of ether oxygens (including phenoxy) is 2. The van der Waals surface area contributed by atoms with Crippen LogP contribution in [0.4, 0.5) is 0 Å². The lowest BCUT2D eigenvalue weighted by atomic mass is 9.85. The van der Waals surface area contributed by atoms with E-state index < -0.39 is 23.2 Å². The molecule has 18 heavy (non-hydrogen) atoms. The van der Waals surface area contributed by atoms with E-state index in [0.29, 0.717) is 6.61 Å². The highest BCUT2D eigenvalue weighted by atomic mass is 16.7. The van der Waals surface area contributed by atoms with Crippen LogP contribution in [0.1, 0.15) is 34.1 Å². The predicted molar refractivity (Wildman–Crippen MR) is 65.5 cm³/mol. The van der Waals surface area contributed by atoms with Gasteiger partial charge in [-0.2, -0.15) is 0 Å². The molecule has 0 saturated carbocycles. The minimum atomic E-state index is -0.777. The Labute approximate surface area is 107 Å². The summed E-state index contributed by atoms with van der Waals surface area (Å²) in [6.07, 6.45) is -0.479. The Bertz CT molecular complexity index is 339. The molecule has 0 unspecified atom stereocenters. The van der Waals surface area contributed by atoms with Crippen LogP contribution >= 0.6 is 0 Å². The van der Waals surface area contributed by atoms with Crippen molar-refractivity contribution in [2.45, 2.75) is 46.0 Å². The molecule has 1 heterocycles. The molecule has 0 aromatic rings. The van der Waals surface area contributed by atoms with Gasteiger partial charge < -0.3 is 20.5 Å². The second kappa shape index (κ2) is 5.24. The molecule has 3 N–H and O–H groups in total. The van der Waals surface area contributed by atoms with Crippen LogP contribution in [0, 0.1) is 5.41 Å². The van der Waals surface area contributed by atoms with E-state index in [1.807, 2.05) is 13.8 Å². The first-order chi connectivity index (χ1) is 8.14. The van der Waals surface area contributed by atoms with Gasteiger partial charge in [-0.05, 0) is 13.8 Å². The Kier molecular flexibility index (Phi) is 4.34. The number of nitrogens with two attached hydrogens (primary N) is 1. The van der Waals surface area contributed by atoms with Gasteiger partial charge >= 0.3 is 0 Å². The van der Waals surface area contributed by atoms with Gasteiger partial charge in [0, 0.05) is 18.4 Å². The smallest absolute Gasteiger partial charge is 0.249 e. The molecule has 0 bridgehead atoms. The number of hydrogen-bond donors (Lipinski definition) is 2. The predicted octanol–water partition coefficient (Wildman–Crippen LogP) is 0.156. The molecule has 0 aromatic heterocycles. The Balaban J connectivity index is 2.60. The fourth-order valence-electron chi connectivity index (χ4n) is 1.72. The molecule has 0 aromatic carbocycles. The van der Waals surface area contributed by atoms with E-state index in [4.69, 9.17) is 15.2 Å². The molecular weight excluding hydrogens is 236 g/mol. The van der Waals surface area contributed by atoms with Crippen LogP contribution in [-0.2, 0) is 19.1 Å². The van der Waals surface area contributed by atoms with Crippen molar-refractivity contribution in [2.24, 2.45) is 11.1 Å². The monoisotopic (exact) mass is 258 g/mol. The van der Waals surface area contributed by atoms with Gasteiger partial charge in [-0.1, -0.05) is 13.8 Å². The van der Waals surface area contributed by atoms with Gasteiger partial charge in [0.15, 0.2) is 5.79 Å². The van der Waals surface area contributed by atoms with Crippen molar-refractivity contribution in [3.8, 4) is 0 Å². The molecule has 1 aliphatic heterocycles. The van der Waals surface area contributed by atoms with Crippen molar-refractivity contribution in [3.05, 3.63) is 0 Å². The van der Waals surface area contributed by atoms with Crippen molar-refractivity contribution >= 4 is 11.8 Å². The summed E-state index contributed by atoms with van der Waals surface area (Å²) in [5.41, 5.74) is 4.60. The van der Waals surface area contributed by atoms with Crippen LogP contribution < -0.4 is 11.1 Å². The number of carbonyl (C=O) groups is 2. The highest BCUT2D eigenvalue weighted by Crippen LogP contribution is 2.34. The Morgan fingerprint density at radius 1 is 1.33 bits per heavy atom. The first-order valence-electron chi connectivity index (χ1n) is 6.02. The molecule has 1 rings (SSSR count). The Morgan fingerprint density at radius 3 is 2.50 bits per heavy atom. The molecule has 104 valence electrons. The minimum Gasteiger partial charge on any atom is -0.370 e. The number of rotatable bonds is 4. The number of carbonyl (C=O) groups excluding carboxylic acids is 2. The van der Waals surface area contributed by atoms with Gasteiger partial charge in [-0.25, -0.2) is 0 Å². The van der Waals surface area contributed by atoms with Crippen LogP contribution in [0.5, 0.6) is 0 Å². The zero-order valence-corrected chi connectivity index (χ0v) is 11.4. The third kappa shape index (κ3) is 3.96. The lowest BCUT2D eigenvalue weighted by Gasteiger charge is -2.44. The van der Waals surface area contributed by atoms with Gasteiger partial charge in [0.05, 0.1) is 6.61 Å². The molecule has 0 spiro atoms. The summed E-state index contributed by atoms with van der Waals surface area (Å²) in [7, 11) is 0. The van der Waals surface area contributed by atoms with E-state index in [0.717, 1.165) is 0 Å². The molecule has 6 heteroatoms. The van der Waals surface area contributed by atoms with Crippen molar-refractivity contribution in [2.75, 3.05) is 13.2 Å². The summed E-state index contributed by atoms with van der Waals surface area (Å²) < 4.78 is 11.2. The lowest BCUT2D eigenvalue weighted by Crippen LogP contribution is -2.56. The number of hydrogen-bond acceptors (Lipinski definition) is 4. The Morgan fingerprint density at radius 2 is 1.94 bits per heavy atom. The van der Waals surface area contributed by atoms with Crippen molar-refractivity contribution in [1.29, 1.82) is 0 Å². The second-order valence-electron chi connectivity index (χ2n) is 5.68. The largest absolute Gasteiger partial charge is 0.370 e. The maximum Gasteiger partial charge on any atom is 0.249 e. The Hall–Kier alpha value is -1.14. The average molecular weight is 258 g/mol. The first kappa shape index (κ1) is 14.9. The summed E-state index contributed by atoms with van der Waals surface area (Å²) in [6, 6.07) is 0. The van der Waals surface area contributed by atoms with Gasteiger partial charge in [-0.3, -0.25) is 9.59 Å². The summed E-state index contributed by atoms with van der Waals surface area (Å²) in [6.45, 7) is 8.01. The molecular formula is C12H22N2O4. The second-order valence-corrected chi connectivity index (χ2v) is 5.68. The van der Waals surface area contributed by atoms with E-state index >= 15 is 0 Å². The summed E-state index contributed by atoms with van der Waals surface area (Å²) in [4.78, 5) is 22.6. The number of amides is 2. The SMILES string of the molecule is CC1(C)OCC(C)(C)[C@H](C(=O)NCCC(N)=O)O1. The first-order valence-corrected chi connectivity index (χ1v) is 6.02. The fourth-order valence-corrected chi connectivity index (χ4v) is 1.72. The van der Waals surface area contributed by atoms with E-state index in [-0.39, 0.29) is 18.9 Å². The van der Waals surface area contributed by atoms with Crippen molar-refractivity contribution < 1.29 is 19.1 Å². The fraction of sp³-hybridized carbons (Fsp3) is 0.833. The summed E-state index contributed by atoms with van der Waals surface area (Å²) in [5, 5.41) is 2.66. The van der Waals surface area contributed by atoms with Crippen molar-refractivity contribution in [1.82, 2.24) is 5.32 Å². The van der Waals surface area contributed by atoms with Gasteiger partial charge in [-0.15, -0.1) is 0 Å². The molecule has 1 fully saturated rings. The molecule has 1 aliphatic rings. The van der Waals surface area contributed by atoms with Crippen LogP contribution in [0.15, 0.2) is 0 Å². The summed E-state index contributed by atoms with van der Waals surface area (Å²) in [5.74, 6) is -1.46. The van der Waals surface area contributed by atoms with Crippen LogP contribution in [-0.4, -0.2) is 36.9 Å². The molecule has 0 radical (unpaired) electrons. The highest BCUT2D eigenvalue weighted by Gasteiger charge is 2.45. The van der Waals surface area contributed by atoms with E-state index in [1.54, 1.807) is 13.8 Å². The van der Waals surface area contributed by atoms with E-state index in [1.165, 1.54) is 0 Å². The lowest BCUT2D eigenvalue weighted by molar-refractivity contribution is -0.304. The van der Waals surface area contributed by atoms with E-state index in [9.17, 15) is 9.59 Å². The van der Waals surface area contributed by atoms with E-state index in [2.05, 4.69) is 5.32 Å². The van der Waals surface area contributed by atoms with Gasteiger partial charge in [0.1, 0.15) is 6.10 Å². The standard InChI is InChI=1S/C12H22N2O4/c1-11(2)7-17-12(3,4)18-9(11)10(16)14-6-5-8(13)15/h9H,5-7H2,1-4H3,(H2,13,15)(H,14,16)/t9-/m0/s1. The minimum absolute atomic E-state index is 0.124. The zero-order chi connectivity index (χ0) is 14.0. The quantitative estimate of drug-likeness (QED) is 0.751. The zero-order valence-electron chi connectivity index (χ0n) is 11.4. The van der Waals surface area contributed by atoms with Crippen LogP contribution in [0.2, 0.25) is 0 Å². The molecule has 1 saturated heterocycles. The maximum absolute atomic E-state index is 12.0. The normalized spacial score (nSPS) is 25.4. The molecule has 0 aliphatic carbocycles. The molecule has 6 nitrogen and oxygen atoms in total. The maximum atomic E-state index is 12.0. The average Bonchev–Trinajstić information content (AvgIpc) is 2.21. The van der Waals surface area contributed by atoms with Crippen molar-refractivity contribution in [3.63, 3.8) is 0 Å². The molecule has 2 amide bonds. The summed E-state index contributed by atoms with van der Waals surface area (Å²) >= 11 is 0.